The van der Waals surface area contributed by atoms with Crippen LogP contribution in [0, 0.1) is 0 Å². The molecule has 0 radical (unpaired) electrons. The minimum absolute atomic E-state index is 0.0798. The number of hydrogen-bond acceptors (Lipinski definition) is 4. The van der Waals surface area contributed by atoms with Crippen LogP contribution in [0.15, 0.2) is 57.1 Å². The standard InChI is InChI=1S/C14H8O3S/c15-13(12-6-3-7-18-12)10-8-9-4-1-2-5-11(9)17-14(10)16/h1-8H. The van der Waals surface area contributed by atoms with E-state index < -0.39 is 5.63 Å². The van der Waals surface area contributed by atoms with Gasteiger partial charge in [0.05, 0.1) is 4.88 Å². The molecule has 0 aliphatic rings. The van der Waals surface area contributed by atoms with E-state index in [0.717, 1.165) is 5.39 Å². The van der Waals surface area contributed by atoms with Gasteiger partial charge in [0.25, 0.3) is 0 Å². The predicted molar refractivity (Wildman–Crippen MR) is 70.2 cm³/mol. The molecule has 3 aromatic rings. The summed E-state index contributed by atoms with van der Waals surface area (Å²) in [6.45, 7) is 0. The van der Waals surface area contributed by atoms with Gasteiger partial charge in [-0.3, -0.25) is 4.79 Å². The van der Waals surface area contributed by atoms with E-state index >= 15 is 0 Å². The summed E-state index contributed by atoms with van der Waals surface area (Å²) in [5.41, 5.74) is -0.0199. The Bertz CT molecular complexity index is 769. The van der Waals surface area contributed by atoms with Gasteiger partial charge in [-0.05, 0) is 23.6 Å². The highest BCUT2D eigenvalue weighted by atomic mass is 32.1. The van der Waals surface area contributed by atoms with Gasteiger partial charge in [0.2, 0.25) is 5.78 Å². The molecule has 18 heavy (non-hydrogen) atoms. The fourth-order valence-electron chi connectivity index (χ4n) is 1.76. The number of thiophene rings is 1. The van der Waals surface area contributed by atoms with Crippen LogP contribution < -0.4 is 5.63 Å². The summed E-state index contributed by atoms with van der Waals surface area (Å²) in [4.78, 5) is 24.4. The summed E-state index contributed by atoms with van der Waals surface area (Å²) in [6.07, 6.45) is 0. The number of carbonyl (C=O) groups is 1. The second kappa shape index (κ2) is 4.23. The lowest BCUT2D eigenvalue weighted by Gasteiger charge is -1.99. The van der Waals surface area contributed by atoms with E-state index in [1.54, 1.807) is 35.7 Å². The van der Waals surface area contributed by atoms with E-state index in [9.17, 15) is 9.59 Å². The molecule has 0 saturated carbocycles. The molecule has 0 amide bonds. The lowest BCUT2D eigenvalue weighted by molar-refractivity contribution is 0.103. The van der Waals surface area contributed by atoms with Crippen LogP contribution in [-0.2, 0) is 0 Å². The first-order valence-electron chi connectivity index (χ1n) is 5.37. The maximum Gasteiger partial charge on any atom is 0.347 e. The Balaban J connectivity index is 2.21. The minimum atomic E-state index is -0.591. The Morgan fingerprint density at radius 2 is 1.94 bits per heavy atom. The first-order chi connectivity index (χ1) is 8.75. The molecule has 2 heterocycles. The maximum absolute atomic E-state index is 12.1. The first-order valence-corrected chi connectivity index (χ1v) is 6.25. The highest BCUT2D eigenvalue weighted by molar-refractivity contribution is 7.12. The molecular weight excluding hydrogens is 248 g/mol. The number of para-hydroxylation sites is 1. The van der Waals surface area contributed by atoms with Crippen molar-refractivity contribution < 1.29 is 9.21 Å². The van der Waals surface area contributed by atoms with E-state index in [0.29, 0.717) is 10.5 Å². The molecule has 3 nitrogen and oxygen atoms in total. The Hall–Kier alpha value is -2.20. The van der Waals surface area contributed by atoms with Crippen LogP contribution in [0.25, 0.3) is 11.0 Å². The third-order valence-electron chi connectivity index (χ3n) is 2.63. The summed E-state index contributed by atoms with van der Waals surface area (Å²) in [5.74, 6) is -0.287. The van der Waals surface area contributed by atoms with E-state index in [1.807, 2.05) is 12.1 Å². The van der Waals surface area contributed by atoms with Gasteiger partial charge in [-0.2, -0.15) is 0 Å². The molecule has 0 saturated heterocycles. The molecule has 4 heteroatoms. The Kier molecular flexibility index (Phi) is 2.57. The Morgan fingerprint density at radius 1 is 1.11 bits per heavy atom. The van der Waals surface area contributed by atoms with Crippen molar-refractivity contribution in [3.8, 4) is 0 Å². The molecule has 0 spiro atoms. The summed E-state index contributed by atoms with van der Waals surface area (Å²) in [5, 5.41) is 2.55. The molecule has 0 N–H and O–H groups in total. The third-order valence-corrected chi connectivity index (χ3v) is 3.50. The third kappa shape index (κ3) is 1.76. The summed E-state index contributed by atoms with van der Waals surface area (Å²) < 4.78 is 5.14. The number of hydrogen-bond donors (Lipinski definition) is 0. The topological polar surface area (TPSA) is 47.3 Å². The van der Waals surface area contributed by atoms with Gasteiger partial charge in [-0.1, -0.05) is 24.3 Å². The average Bonchev–Trinajstić information content (AvgIpc) is 2.91. The molecule has 0 unspecified atom stereocenters. The summed E-state index contributed by atoms with van der Waals surface area (Å²) >= 11 is 1.31. The fourth-order valence-corrected chi connectivity index (χ4v) is 2.44. The van der Waals surface area contributed by atoms with Gasteiger partial charge < -0.3 is 4.42 Å². The zero-order chi connectivity index (χ0) is 12.5. The van der Waals surface area contributed by atoms with Gasteiger partial charge in [-0.15, -0.1) is 11.3 Å². The van der Waals surface area contributed by atoms with Crippen LogP contribution in [-0.4, -0.2) is 5.78 Å². The monoisotopic (exact) mass is 256 g/mol. The first kappa shape index (κ1) is 10.9. The van der Waals surface area contributed by atoms with Crippen LogP contribution in [0.1, 0.15) is 15.2 Å². The molecule has 0 atom stereocenters. The molecule has 0 aliphatic carbocycles. The lowest BCUT2D eigenvalue weighted by atomic mass is 10.1. The van der Waals surface area contributed by atoms with Crippen LogP contribution in [0.4, 0.5) is 0 Å². The van der Waals surface area contributed by atoms with Crippen LogP contribution in [0.3, 0.4) is 0 Å². The predicted octanol–water partition coefficient (Wildman–Crippen LogP) is 3.09. The number of rotatable bonds is 2. The Labute approximate surface area is 106 Å². The van der Waals surface area contributed by atoms with Crippen LogP contribution >= 0.6 is 11.3 Å². The number of ketones is 1. The second-order valence-electron chi connectivity index (χ2n) is 3.79. The molecule has 0 fully saturated rings. The van der Waals surface area contributed by atoms with Crippen molar-refractivity contribution in [3.63, 3.8) is 0 Å². The van der Waals surface area contributed by atoms with Crippen molar-refractivity contribution in [1.82, 2.24) is 0 Å². The average molecular weight is 256 g/mol. The zero-order valence-corrected chi connectivity index (χ0v) is 10.1. The van der Waals surface area contributed by atoms with E-state index in [-0.39, 0.29) is 11.3 Å². The van der Waals surface area contributed by atoms with Crippen molar-refractivity contribution in [2.24, 2.45) is 0 Å². The van der Waals surface area contributed by atoms with E-state index in [2.05, 4.69) is 0 Å². The smallest absolute Gasteiger partial charge is 0.347 e. The normalized spacial score (nSPS) is 10.7. The van der Waals surface area contributed by atoms with Gasteiger partial charge in [0.15, 0.2) is 0 Å². The lowest BCUT2D eigenvalue weighted by Crippen LogP contribution is -2.13. The molecule has 88 valence electrons. The summed E-state index contributed by atoms with van der Waals surface area (Å²) in [6, 6.07) is 12.2. The Morgan fingerprint density at radius 3 is 2.72 bits per heavy atom. The van der Waals surface area contributed by atoms with Crippen molar-refractivity contribution in [2.45, 2.75) is 0 Å². The summed E-state index contributed by atoms with van der Waals surface area (Å²) in [7, 11) is 0. The van der Waals surface area contributed by atoms with Crippen LogP contribution in [0.5, 0.6) is 0 Å². The van der Waals surface area contributed by atoms with Gasteiger partial charge >= 0.3 is 5.63 Å². The van der Waals surface area contributed by atoms with Crippen molar-refractivity contribution >= 4 is 28.1 Å². The second-order valence-corrected chi connectivity index (χ2v) is 4.74. The highest BCUT2D eigenvalue weighted by Gasteiger charge is 2.16. The number of carbonyl (C=O) groups excluding carboxylic acids is 1. The van der Waals surface area contributed by atoms with E-state index in [1.165, 1.54) is 11.3 Å². The largest absolute Gasteiger partial charge is 0.422 e. The minimum Gasteiger partial charge on any atom is -0.422 e. The fraction of sp³-hybridized carbons (Fsp3) is 0. The molecule has 0 bridgehead atoms. The van der Waals surface area contributed by atoms with Crippen LogP contribution in [0.2, 0.25) is 0 Å². The van der Waals surface area contributed by atoms with Crippen molar-refractivity contribution in [3.05, 3.63) is 68.7 Å². The maximum atomic E-state index is 12.1. The molecule has 0 aliphatic heterocycles. The van der Waals surface area contributed by atoms with Gasteiger partial charge in [-0.25, -0.2) is 4.79 Å². The number of benzene rings is 1. The molecular formula is C14H8O3S. The molecule has 2 aromatic heterocycles. The number of fused-ring (bicyclic) bond motifs is 1. The zero-order valence-electron chi connectivity index (χ0n) is 9.25. The quantitative estimate of drug-likeness (QED) is 0.523. The highest BCUT2D eigenvalue weighted by Crippen LogP contribution is 2.17. The van der Waals surface area contributed by atoms with Gasteiger partial charge in [0, 0.05) is 5.39 Å². The van der Waals surface area contributed by atoms with Crippen molar-refractivity contribution in [2.75, 3.05) is 0 Å². The van der Waals surface area contributed by atoms with E-state index in [4.69, 9.17) is 4.42 Å². The van der Waals surface area contributed by atoms with Crippen molar-refractivity contribution in [1.29, 1.82) is 0 Å². The molecule has 3 rings (SSSR count). The van der Waals surface area contributed by atoms with Gasteiger partial charge in [0.1, 0.15) is 11.1 Å². The SMILES string of the molecule is O=C(c1cccs1)c1cc2ccccc2oc1=O. The molecule has 1 aromatic carbocycles.